The van der Waals surface area contributed by atoms with Gasteiger partial charge in [0.2, 0.25) is 0 Å². The van der Waals surface area contributed by atoms with Crippen LogP contribution >= 0.6 is 0 Å². The van der Waals surface area contributed by atoms with E-state index in [1.165, 1.54) is 45.0 Å². The highest BCUT2D eigenvalue weighted by Crippen LogP contribution is 2.51. The number of fused-ring (bicyclic) bond motifs is 12. The van der Waals surface area contributed by atoms with Gasteiger partial charge in [0.25, 0.3) is 0 Å². The second kappa shape index (κ2) is 15.1. The fourth-order valence-corrected chi connectivity index (χ4v) is 11.5. The Bertz CT molecular complexity index is 3980. The predicted octanol–water partition coefficient (Wildman–Crippen LogP) is 16.3. The molecule has 0 atom stereocenters. The summed E-state index contributed by atoms with van der Waals surface area (Å²) in [6.07, 6.45) is 5.49. The molecule has 0 aliphatic carbocycles. The van der Waals surface area contributed by atoms with Gasteiger partial charge in [0.05, 0.1) is 33.5 Å². The summed E-state index contributed by atoms with van der Waals surface area (Å²) in [7, 11) is 0. The standard InChI is InChI=1S/C64H40N6/c1-5-17-55-43(11-1)35-44-12-2-6-18-56(44)69(55)47-27-29-49-51(37-47)59(53-31-25-41-23-21-39-15-9-33-65-61(39)63(41)67-53)50-30-28-48(70-57-19-7-3-13-45(57)36-46-14-4-8-20-58(46)70)38-52(50)60(49)54-32-26-42-24-22-40-16-10-34-66-62(40)64(42)68-54/h1-34,37-38H,35-36H2. The number of hydrogen-bond acceptors (Lipinski definition) is 6. The highest BCUT2D eigenvalue weighted by Gasteiger charge is 2.28. The average Bonchev–Trinajstić information content (AvgIpc) is 3.42. The Labute approximate surface area is 403 Å². The first-order valence-corrected chi connectivity index (χ1v) is 24.0. The van der Waals surface area contributed by atoms with Gasteiger partial charge in [-0.3, -0.25) is 9.97 Å². The Morgan fingerprint density at radius 2 is 0.657 bits per heavy atom. The van der Waals surface area contributed by atoms with Crippen molar-refractivity contribution in [3.8, 4) is 22.5 Å². The molecule has 0 spiro atoms. The molecule has 9 aromatic carbocycles. The highest BCUT2D eigenvalue weighted by atomic mass is 15.2. The number of pyridine rings is 4. The van der Waals surface area contributed by atoms with Crippen molar-refractivity contribution < 1.29 is 0 Å². The first-order valence-electron chi connectivity index (χ1n) is 24.0. The fourth-order valence-electron chi connectivity index (χ4n) is 11.5. The largest absolute Gasteiger partial charge is 0.310 e. The lowest BCUT2D eigenvalue weighted by atomic mass is 9.87. The first kappa shape index (κ1) is 38.8. The van der Waals surface area contributed by atoms with Crippen LogP contribution in [0.4, 0.5) is 34.1 Å². The molecule has 6 heteroatoms. The van der Waals surface area contributed by atoms with Crippen LogP contribution < -0.4 is 9.80 Å². The number of para-hydroxylation sites is 4. The van der Waals surface area contributed by atoms with E-state index in [1.807, 2.05) is 24.5 Å². The minimum atomic E-state index is 0.879. The third kappa shape index (κ3) is 5.86. The number of benzene rings is 9. The van der Waals surface area contributed by atoms with Crippen LogP contribution in [-0.4, -0.2) is 19.9 Å². The molecule has 0 bridgehead atoms. The predicted molar refractivity (Wildman–Crippen MR) is 289 cm³/mol. The third-order valence-electron chi connectivity index (χ3n) is 14.7. The molecule has 0 N–H and O–H groups in total. The molecule has 0 unspecified atom stereocenters. The molecule has 6 nitrogen and oxygen atoms in total. The number of anilines is 6. The molecule has 0 radical (unpaired) electrons. The van der Waals surface area contributed by atoms with E-state index in [0.717, 1.165) is 112 Å². The second-order valence-electron chi connectivity index (χ2n) is 18.6. The first-order chi connectivity index (χ1) is 34.7. The summed E-state index contributed by atoms with van der Waals surface area (Å²) in [5.41, 5.74) is 19.5. The van der Waals surface area contributed by atoms with Gasteiger partial charge in [0.15, 0.2) is 0 Å². The quantitative estimate of drug-likeness (QED) is 0.130. The van der Waals surface area contributed by atoms with Crippen LogP contribution in [0.25, 0.3) is 87.7 Å². The van der Waals surface area contributed by atoms with Crippen LogP contribution in [-0.2, 0) is 12.8 Å². The van der Waals surface area contributed by atoms with Crippen LogP contribution in [0.15, 0.2) is 219 Å². The summed E-state index contributed by atoms with van der Waals surface area (Å²) in [6, 6.07) is 74.9. The normalized spacial score (nSPS) is 13.0. The summed E-state index contributed by atoms with van der Waals surface area (Å²) >= 11 is 0. The molecule has 0 saturated heterocycles. The molecule has 2 aliphatic rings. The molecule has 70 heavy (non-hydrogen) atoms. The van der Waals surface area contributed by atoms with E-state index in [1.54, 1.807) is 0 Å². The van der Waals surface area contributed by atoms with Crippen LogP contribution in [0, 0.1) is 0 Å². The fraction of sp³-hybridized carbons (Fsp3) is 0.0312. The lowest BCUT2D eigenvalue weighted by molar-refractivity contribution is 1.09. The van der Waals surface area contributed by atoms with Crippen molar-refractivity contribution in [3.63, 3.8) is 0 Å². The number of nitrogens with zero attached hydrogens (tertiary/aromatic N) is 6. The Morgan fingerprint density at radius 3 is 1.06 bits per heavy atom. The van der Waals surface area contributed by atoms with E-state index in [9.17, 15) is 0 Å². The molecule has 2 aliphatic heterocycles. The summed E-state index contributed by atoms with van der Waals surface area (Å²) in [4.78, 5) is 25.9. The topological polar surface area (TPSA) is 58.0 Å². The van der Waals surface area contributed by atoms with Gasteiger partial charge in [-0.05, 0) is 117 Å². The van der Waals surface area contributed by atoms with Crippen LogP contribution in [0.1, 0.15) is 22.3 Å². The molecule has 13 aromatic rings. The molecule has 0 saturated carbocycles. The maximum Gasteiger partial charge on any atom is 0.0972 e. The molecule has 0 amide bonds. The van der Waals surface area contributed by atoms with Crippen molar-refractivity contribution >= 4 is 99.3 Å². The van der Waals surface area contributed by atoms with Gasteiger partial charge in [0.1, 0.15) is 0 Å². The molecule has 0 fully saturated rings. The van der Waals surface area contributed by atoms with Gasteiger partial charge in [-0.2, -0.15) is 0 Å². The van der Waals surface area contributed by atoms with Crippen molar-refractivity contribution in [2.75, 3.05) is 9.80 Å². The zero-order chi connectivity index (χ0) is 45.9. The Kier molecular flexibility index (Phi) is 8.38. The molecule has 15 rings (SSSR count). The zero-order valence-corrected chi connectivity index (χ0v) is 37.9. The average molecular weight is 893 g/mol. The van der Waals surface area contributed by atoms with Crippen LogP contribution in [0.5, 0.6) is 0 Å². The van der Waals surface area contributed by atoms with Crippen molar-refractivity contribution in [2.24, 2.45) is 0 Å². The zero-order valence-electron chi connectivity index (χ0n) is 37.9. The summed E-state index contributed by atoms with van der Waals surface area (Å²) < 4.78 is 0. The van der Waals surface area contributed by atoms with E-state index in [4.69, 9.17) is 19.9 Å². The molecular weight excluding hydrogens is 853 g/mol. The summed E-state index contributed by atoms with van der Waals surface area (Å²) in [5.74, 6) is 0. The van der Waals surface area contributed by atoms with E-state index >= 15 is 0 Å². The molecule has 4 aromatic heterocycles. The van der Waals surface area contributed by atoms with Crippen LogP contribution in [0.3, 0.4) is 0 Å². The lowest BCUT2D eigenvalue weighted by Crippen LogP contribution is -2.18. The Balaban J connectivity index is 1.08. The van der Waals surface area contributed by atoms with Crippen molar-refractivity contribution in [3.05, 3.63) is 241 Å². The second-order valence-corrected chi connectivity index (χ2v) is 18.6. The monoisotopic (exact) mass is 892 g/mol. The minimum Gasteiger partial charge on any atom is -0.310 e. The van der Waals surface area contributed by atoms with Gasteiger partial charge in [0, 0.05) is 92.0 Å². The smallest absolute Gasteiger partial charge is 0.0972 e. The molecule has 326 valence electrons. The molecular formula is C64H40N6. The highest BCUT2D eigenvalue weighted by molar-refractivity contribution is 6.23. The van der Waals surface area contributed by atoms with Crippen molar-refractivity contribution in [1.29, 1.82) is 0 Å². The van der Waals surface area contributed by atoms with Gasteiger partial charge < -0.3 is 9.80 Å². The maximum atomic E-state index is 5.63. The van der Waals surface area contributed by atoms with Gasteiger partial charge in [-0.25, -0.2) is 9.97 Å². The van der Waals surface area contributed by atoms with Gasteiger partial charge in [-0.15, -0.1) is 0 Å². The number of aromatic nitrogens is 4. The Hall–Kier alpha value is -9.26. The lowest BCUT2D eigenvalue weighted by Gasteiger charge is -2.34. The van der Waals surface area contributed by atoms with E-state index < -0.39 is 0 Å². The van der Waals surface area contributed by atoms with Gasteiger partial charge in [-0.1, -0.05) is 133 Å². The van der Waals surface area contributed by atoms with E-state index in [0.29, 0.717) is 0 Å². The maximum absolute atomic E-state index is 5.63. The number of hydrogen-bond donors (Lipinski definition) is 0. The minimum absolute atomic E-state index is 0.879. The Morgan fingerprint density at radius 1 is 0.300 bits per heavy atom. The van der Waals surface area contributed by atoms with Crippen LogP contribution in [0.2, 0.25) is 0 Å². The summed E-state index contributed by atoms with van der Waals surface area (Å²) in [5, 5.41) is 8.55. The third-order valence-corrected chi connectivity index (χ3v) is 14.7. The summed E-state index contributed by atoms with van der Waals surface area (Å²) in [6.45, 7) is 0. The van der Waals surface area contributed by atoms with Crippen molar-refractivity contribution in [1.82, 2.24) is 19.9 Å². The van der Waals surface area contributed by atoms with Gasteiger partial charge >= 0.3 is 0 Å². The van der Waals surface area contributed by atoms with E-state index in [2.05, 4.69) is 204 Å². The number of rotatable bonds is 4. The van der Waals surface area contributed by atoms with E-state index in [-0.39, 0.29) is 0 Å². The molecule has 6 heterocycles. The SMILES string of the molecule is c1ccc2c(c1)Cc1ccccc1N2c1ccc2c(-c3ccc4ccc5cccnc5c4n3)c3cc(N4c5ccccc5Cc5ccccc54)ccc3c(-c3ccc4ccc5cccnc5c4n3)c2c1. The van der Waals surface area contributed by atoms with Crippen molar-refractivity contribution in [2.45, 2.75) is 12.8 Å².